The summed E-state index contributed by atoms with van der Waals surface area (Å²) in [4.78, 5) is 0. The molecule has 1 fully saturated rings. The number of halogens is 1. The van der Waals surface area contributed by atoms with Crippen molar-refractivity contribution in [1.82, 2.24) is 5.01 Å². The molecule has 0 aliphatic carbocycles. The van der Waals surface area contributed by atoms with Crippen molar-refractivity contribution in [3.8, 4) is 5.75 Å². The highest BCUT2D eigenvalue weighted by Gasteiger charge is 2.35. The van der Waals surface area contributed by atoms with Crippen LogP contribution in [0.3, 0.4) is 0 Å². The van der Waals surface area contributed by atoms with Gasteiger partial charge in [-0.05, 0) is 67.9 Å². The number of hydrazine groups is 1. The van der Waals surface area contributed by atoms with Gasteiger partial charge >= 0.3 is 0 Å². The normalized spacial score (nSPS) is 24.9. The summed E-state index contributed by atoms with van der Waals surface area (Å²) in [5.41, 5.74) is 3.58. The van der Waals surface area contributed by atoms with Crippen molar-refractivity contribution in [2.75, 3.05) is 6.54 Å². The van der Waals surface area contributed by atoms with E-state index in [1.54, 1.807) is 0 Å². The van der Waals surface area contributed by atoms with Crippen molar-refractivity contribution in [2.24, 2.45) is 11.8 Å². The molecule has 2 aromatic carbocycles. The number of rotatable bonds is 3. The first-order valence-corrected chi connectivity index (χ1v) is 9.87. The van der Waals surface area contributed by atoms with Crippen LogP contribution in [-0.4, -0.2) is 17.2 Å². The summed E-state index contributed by atoms with van der Waals surface area (Å²) in [6.07, 6.45) is 4.13. The highest BCUT2D eigenvalue weighted by Crippen LogP contribution is 2.43. The number of hydrogen-bond donors (Lipinski definition) is 1. The first-order valence-electron chi connectivity index (χ1n) is 9.49. The number of fused-ring (bicyclic) bond motifs is 1. The van der Waals surface area contributed by atoms with Crippen LogP contribution in [0.15, 0.2) is 42.5 Å². The van der Waals surface area contributed by atoms with E-state index in [-0.39, 0.29) is 11.6 Å². The Morgan fingerprint density at radius 1 is 1.23 bits per heavy atom. The molecule has 26 heavy (non-hydrogen) atoms. The molecule has 138 valence electrons. The number of benzene rings is 2. The van der Waals surface area contributed by atoms with Gasteiger partial charge in [-0.25, -0.2) is 5.01 Å². The molecule has 0 radical (unpaired) electrons. The minimum Gasteiger partial charge on any atom is -0.487 e. The van der Waals surface area contributed by atoms with Crippen molar-refractivity contribution in [3.63, 3.8) is 0 Å². The fourth-order valence-corrected chi connectivity index (χ4v) is 4.87. The van der Waals surface area contributed by atoms with Gasteiger partial charge in [-0.3, -0.25) is 5.84 Å². The topological polar surface area (TPSA) is 38.5 Å². The van der Waals surface area contributed by atoms with E-state index in [1.807, 2.05) is 5.01 Å². The molecule has 0 amide bonds. The smallest absolute Gasteiger partial charge is 0.126 e. The van der Waals surface area contributed by atoms with Crippen LogP contribution in [0, 0.1) is 5.92 Å². The second-order valence-electron chi connectivity index (χ2n) is 8.29. The Morgan fingerprint density at radius 3 is 2.77 bits per heavy atom. The van der Waals surface area contributed by atoms with E-state index in [1.165, 1.54) is 16.7 Å². The van der Waals surface area contributed by atoms with Crippen molar-refractivity contribution < 1.29 is 4.74 Å². The van der Waals surface area contributed by atoms with Crippen LogP contribution in [0.4, 0.5) is 0 Å². The molecule has 2 heterocycles. The second-order valence-corrected chi connectivity index (χ2v) is 8.73. The molecule has 2 N–H and O–H groups in total. The predicted octanol–water partition coefficient (Wildman–Crippen LogP) is 4.92. The largest absolute Gasteiger partial charge is 0.487 e. The van der Waals surface area contributed by atoms with Crippen LogP contribution in [0.2, 0.25) is 5.02 Å². The van der Waals surface area contributed by atoms with Gasteiger partial charge in [-0.15, -0.1) is 0 Å². The number of nitrogens with two attached hydrogens (primary N) is 1. The molecule has 2 aromatic rings. The third-order valence-corrected chi connectivity index (χ3v) is 5.84. The van der Waals surface area contributed by atoms with E-state index < -0.39 is 0 Å². The second kappa shape index (κ2) is 6.88. The number of ether oxygens (including phenoxy) is 1. The lowest BCUT2D eigenvalue weighted by Crippen LogP contribution is -2.44. The Labute approximate surface area is 161 Å². The standard InChI is InChI=1S/C22H27ClN2O/c1-22(2)14-18-13-19(23)12-17(21(18)26-22)11-16-9-6-10-25(24)20(16)15-7-4-3-5-8-15/h3-5,7-8,12-13,16,20H,6,9-11,14,24H2,1-2H3/t16-,20+/m0/s1. The molecule has 2 atom stereocenters. The van der Waals surface area contributed by atoms with Crippen LogP contribution in [-0.2, 0) is 12.8 Å². The maximum atomic E-state index is 6.43. The summed E-state index contributed by atoms with van der Waals surface area (Å²) < 4.78 is 6.29. The van der Waals surface area contributed by atoms with Gasteiger partial charge in [0.05, 0.1) is 6.04 Å². The summed E-state index contributed by atoms with van der Waals surface area (Å²) in [5.74, 6) is 7.91. The van der Waals surface area contributed by atoms with Gasteiger partial charge in [0.2, 0.25) is 0 Å². The SMILES string of the molecule is CC1(C)Cc2cc(Cl)cc(C[C@@H]3CCCN(N)[C@@H]3c3ccccc3)c2O1. The summed E-state index contributed by atoms with van der Waals surface area (Å²) in [5, 5.41) is 2.82. The van der Waals surface area contributed by atoms with E-state index in [0.29, 0.717) is 5.92 Å². The lowest BCUT2D eigenvalue weighted by molar-refractivity contribution is 0.0909. The highest BCUT2D eigenvalue weighted by molar-refractivity contribution is 6.30. The molecule has 2 aliphatic rings. The predicted molar refractivity (Wildman–Crippen MR) is 106 cm³/mol. The number of nitrogens with zero attached hydrogens (tertiary/aromatic N) is 1. The molecule has 0 aromatic heterocycles. The Bertz CT molecular complexity index is 790. The number of piperidine rings is 1. The summed E-state index contributed by atoms with van der Waals surface area (Å²) in [7, 11) is 0. The number of hydrogen-bond acceptors (Lipinski definition) is 3. The van der Waals surface area contributed by atoms with Gasteiger partial charge in [0.15, 0.2) is 0 Å². The van der Waals surface area contributed by atoms with Gasteiger partial charge in [0.1, 0.15) is 11.4 Å². The van der Waals surface area contributed by atoms with Crippen molar-refractivity contribution in [3.05, 3.63) is 64.2 Å². The minimum absolute atomic E-state index is 0.160. The van der Waals surface area contributed by atoms with Gasteiger partial charge in [-0.2, -0.15) is 0 Å². The fourth-order valence-electron chi connectivity index (χ4n) is 4.61. The third-order valence-electron chi connectivity index (χ3n) is 5.62. The summed E-state index contributed by atoms with van der Waals surface area (Å²) >= 11 is 6.43. The molecule has 3 nitrogen and oxygen atoms in total. The fraction of sp³-hybridized carbons (Fsp3) is 0.455. The average molecular weight is 371 g/mol. The van der Waals surface area contributed by atoms with Crippen LogP contribution in [0.5, 0.6) is 5.75 Å². The zero-order valence-electron chi connectivity index (χ0n) is 15.5. The van der Waals surface area contributed by atoms with E-state index >= 15 is 0 Å². The van der Waals surface area contributed by atoms with Crippen molar-refractivity contribution in [2.45, 2.75) is 51.2 Å². The Kier molecular flexibility index (Phi) is 4.72. The maximum absolute atomic E-state index is 6.43. The zero-order valence-corrected chi connectivity index (χ0v) is 16.3. The summed E-state index contributed by atoms with van der Waals surface area (Å²) in [6.45, 7) is 5.21. The molecule has 1 saturated heterocycles. The minimum atomic E-state index is -0.160. The van der Waals surface area contributed by atoms with Gasteiger partial charge in [0.25, 0.3) is 0 Å². The Hall–Kier alpha value is -1.55. The van der Waals surface area contributed by atoms with Gasteiger partial charge in [0, 0.05) is 18.0 Å². The van der Waals surface area contributed by atoms with Crippen LogP contribution >= 0.6 is 11.6 Å². The quantitative estimate of drug-likeness (QED) is 0.779. The van der Waals surface area contributed by atoms with Crippen molar-refractivity contribution in [1.29, 1.82) is 0 Å². The maximum Gasteiger partial charge on any atom is 0.126 e. The molecule has 0 unspecified atom stereocenters. The van der Waals surface area contributed by atoms with Crippen LogP contribution in [0.25, 0.3) is 0 Å². The molecule has 0 spiro atoms. The molecular weight excluding hydrogens is 344 g/mol. The Balaban J connectivity index is 1.66. The monoisotopic (exact) mass is 370 g/mol. The average Bonchev–Trinajstić information content (AvgIpc) is 2.90. The van der Waals surface area contributed by atoms with E-state index in [2.05, 4.69) is 56.3 Å². The lowest BCUT2D eigenvalue weighted by atomic mass is 9.81. The van der Waals surface area contributed by atoms with Crippen LogP contribution < -0.4 is 10.6 Å². The molecule has 0 bridgehead atoms. The Morgan fingerprint density at radius 2 is 2.00 bits per heavy atom. The molecule has 4 rings (SSSR count). The molecule has 2 aliphatic heterocycles. The van der Waals surface area contributed by atoms with Crippen molar-refractivity contribution >= 4 is 11.6 Å². The first-order chi connectivity index (χ1) is 12.4. The first kappa shape index (κ1) is 17.8. The third kappa shape index (κ3) is 3.48. The van der Waals surface area contributed by atoms with E-state index in [0.717, 1.165) is 43.0 Å². The zero-order chi connectivity index (χ0) is 18.3. The lowest BCUT2D eigenvalue weighted by Gasteiger charge is -2.39. The van der Waals surface area contributed by atoms with E-state index in [9.17, 15) is 0 Å². The van der Waals surface area contributed by atoms with Crippen LogP contribution in [0.1, 0.15) is 49.4 Å². The summed E-state index contributed by atoms with van der Waals surface area (Å²) in [6, 6.07) is 15.0. The molecule has 4 heteroatoms. The highest BCUT2D eigenvalue weighted by atomic mass is 35.5. The van der Waals surface area contributed by atoms with Gasteiger partial charge < -0.3 is 4.74 Å². The van der Waals surface area contributed by atoms with E-state index in [4.69, 9.17) is 22.2 Å². The van der Waals surface area contributed by atoms with Gasteiger partial charge in [-0.1, -0.05) is 41.9 Å². The molecule has 0 saturated carbocycles. The molecular formula is C22H27ClN2O.